The van der Waals surface area contributed by atoms with E-state index in [-0.39, 0.29) is 16.3 Å². The zero-order chi connectivity index (χ0) is 15.6. The van der Waals surface area contributed by atoms with Crippen molar-refractivity contribution >= 4 is 21.7 Å². The van der Waals surface area contributed by atoms with Crippen LogP contribution in [0.4, 0.5) is 5.69 Å². The van der Waals surface area contributed by atoms with Gasteiger partial charge in [0.15, 0.2) is 0 Å². The number of nitriles is 1. The van der Waals surface area contributed by atoms with E-state index in [2.05, 4.69) is 4.72 Å². The van der Waals surface area contributed by atoms with Crippen molar-refractivity contribution in [3.63, 3.8) is 0 Å². The fourth-order valence-corrected chi connectivity index (χ4v) is 2.88. The van der Waals surface area contributed by atoms with Gasteiger partial charge in [0.25, 0.3) is 10.0 Å². The Labute approximate surface area is 121 Å². The molecule has 0 saturated heterocycles. The van der Waals surface area contributed by atoms with Crippen LogP contribution in [0, 0.1) is 11.3 Å². The molecule has 0 amide bonds. The summed E-state index contributed by atoms with van der Waals surface area (Å²) < 4.78 is 27.9. The number of benzene rings is 1. The Morgan fingerprint density at radius 3 is 2.67 bits per heavy atom. The number of hydrogen-bond donors (Lipinski definition) is 2. The van der Waals surface area contributed by atoms with Gasteiger partial charge in [-0.2, -0.15) is 5.26 Å². The molecule has 0 spiro atoms. The predicted octanol–water partition coefficient (Wildman–Crippen LogP) is 1.40. The predicted molar refractivity (Wildman–Crippen MR) is 74.3 cm³/mol. The number of sulfonamides is 1. The van der Waals surface area contributed by atoms with E-state index in [9.17, 15) is 13.2 Å². The average Bonchev–Trinajstić information content (AvgIpc) is 2.81. The lowest BCUT2D eigenvalue weighted by Crippen LogP contribution is -2.12. The van der Waals surface area contributed by atoms with E-state index in [0.717, 1.165) is 6.07 Å². The second-order valence-electron chi connectivity index (χ2n) is 4.28. The van der Waals surface area contributed by atoms with Crippen LogP contribution in [0.1, 0.15) is 16.1 Å². The quantitative estimate of drug-likeness (QED) is 0.886. The Morgan fingerprint density at radius 1 is 1.38 bits per heavy atom. The van der Waals surface area contributed by atoms with E-state index in [4.69, 9.17) is 10.4 Å². The van der Waals surface area contributed by atoms with E-state index in [1.165, 1.54) is 29.9 Å². The first-order valence-corrected chi connectivity index (χ1v) is 7.24. The van der Waals surface area contributed by atoms with Crippen molar-refractivity contribution in [3.05, 3.63) is 47.8 Å². The minimum atomic E-state index is -3.92. The number of aromatic carboxylic acids is 1. The molecule has 1 aromatic carbocycles. The van der Waals surface area contributed by atoms with Gasteiger partial charge in [-0.3, -0.25) is 4.72 Å². The second kappa shape index (κ2) is 5.30. The van der Waals surface area contributed by atoms with Gasteiger partial charge in [0.1, 0.15) is 10.6 Å². The van der Waals surface area contributed by atoms with Crippen molar-refractivity contribution in [2.24, 2.45) is 7.05 Å². The number of anilines is 1. The first-order chi connectivity index (χ1) is 9.83. The summed E-state index contributed by atoms with van der Waals surface area (Å²) in [5.74, 6) is -1.22. The fraction of sp³-hybridized carbons (Fsp3) is 0.0769. The van der Waals surface area contributed by atoms with Gasteiger partial charge in [-0.05, 0) is 24.3 Å². The largest absolute Gasteiger partial charge is 0.477 e. The number of hydrogen-bond acceptors (Lipinski definition) is 4. The lowest BCUT2D eigenvalue weighted by molar-refractivity contribution is 0.0686. The lowest BCUT2D eigenvalue weighted by atomic mass is 10.2. The Morgan fingerprint density at radius 2 is 2.10 bits per heavy atom. The summed E-state index contributed by atoms with van der Waals surface area (Å²) in [5.41, 5.74) is 0.408. The van der Waals surface area contributed by atoms with Crippen LogP contribution >= 0.6 is 0 Å². The normalized spacial score (nSPS) is 10.9. The topological polar surface area (TPSA) is 112 Å². The Bertz CT molecular complexity index is 847. The van der Waals surface area contributed by atoms with E-state index < -0.39 is 16.0 Å². The molecule has 0 radical (unpaired) electrons. The van der Waals surface area contributed by atoms with Crippen molar-refractivity contribution in [1.82, 2.24) is 4.57 Å². The van der Waals surface area contributed by atoms with Crippen LogP contribution in [-0.4, -0.2) is 24.1 Å². The Hall–Kier alpha value is -2.79. The molecule has 0 aliphatic rings. The summed E-state index contributed by atoms with van der Waals surface area (Å²) in [6.07, 6.45) is 1.21. The maximum Gasteiger partial charge on any atom is 0.352 e. The van der Waals surface area contributed by atoms with E-state index in [1.807, 2.05) is 6.07 Å². The molecule has 2 aromatic rings. The first-order valence-electron chi connectivity index (χ1n) is 5.76. The van der Waals surface area contributed by atoms with Gasteiger partial charge in [-0.25, -0.2) is 13.2 Å². The van der Waals surface area contributed by atoms with Gasteiger partial charge < -0.3 is 9.67 Å². The van der Waals surface area contributed by atoms with Gasteiger partial charge in [-0.15, -0.1) is 0 Å². The molecular weight excluding hydrogens is 294 g/mol. The van der Waals surface area contributed by atoms with Gasteiger partial charge in [0.2, 0.25) is 0 Å². The number of rotatable bonds is 4. The molecule has 0 unspecified atom stereocenters. The molecule has 0 atom stereocenters. The van der Waals surface area contributed by atoms with Gasteiger partial charge >= 0.3 is 5.97 Å². The van der Waals surface area contributed by atoms with Crippen LogP contribution in [0.15, 0.2) is 41.4 Å². The molecule has 2 rings (SSSR count). The van der Waals surface area contributed by atoms with Crippen LogP contribution in [0.3, 0.4) is 0 Å². The van der Waals surface area contributed by atoms with Crippen LogP contribution < -0.4 is 4.72 Å². The van der Waals surface area contributed by atoms with Gasteiger partial charge in [0, 0.05) is 13.2 Å². The summed E-state index contributed by atoms with van der Waals surface area (Å²) in [7, 11) is -2.47. The summed E-state index contributed by atoms with van der Waals surface area (Å²) in [6.45, 7) is 0. The van der Waals surface area contributed by atoms with E-state index in [1.54, 1.807) is 12.1 Å². The fourth-order valence-electron chi connectivity index (χ4n) is 1.76. The molecular formula is C13H11N3O4S. The number of carboxylic acids is 1. The number of nitrogens with zero attached hydrogens (tertiary/aromatic N) is 2. The Kier molecular flexibility index (Phi) is 3.69. The zero-order valence-electron chi connectivity index (χ0n) is 10.9. The third kappa shape index (κ3) is 3.04. The van der Waals surface area contributed by atoms with Crippen LogP contribution in [0.25, 0.3) is 0 Å². The number of carbonyl (C=O) groups is 1. The second-order valence-corrected chi connectivity index (χ2v) is 5.96. The van der Waals surface area contributed by atoms with E-state index in [0.29, 0.717) is 5.56 Å². The minimum absolute atomic E-state index is 0.138. The zero-order valence-corrected chi connectivity index (χ0v) is 11.8. The standard InChI is InChI=1S/C13H11N3O4S/c1-16-8-11(6-12(16)13(17)18)21(19,20)15-10-4-2-3-9(5-10)7-14/h2-6,8,15H,1H3,(H,17,18). The Balaban J connectivity index is 2.36. The number of nitrogens with one attached hydrogen (secondary N) is 1. The van der Waals surface area contributed by atoms with Crippen molar-refractivity contribution in [3.8, 4) is 6.07 Å². The molecule has 0 aliphatic heterocycles. The SMILES string of the molecule is Cn1cc(S(=O)(=O)Nc2cccc(C#N)c2)cc1C(=O)O. The maximum atomic E-state index is 12.2. The van der Waals surface area contributed by atoms with Crippen molar-refractivity contribution < 1.29 is 18.3 Å². The third-order valence-corrected chi connectivity index (χ3v) is 4.10. The minimum Gasteiger partial charge on any atom is -0.477 e. The number of aromatic nitrogens is 1. The highest BCUT2D eigenvalue weighted by molar-refractivity contribution is 7.92. The summed E-state index contributed by atoms with van der Waals surface area (Å²) in [4.78, 5) is 10.8. The molecule has 8 heteroatoms. The molecule has 0 bridgehead atoms. The highest BCUT2D eigenvalue weighted by atomic mass is 32.2. The number of aryl methyl sites for hydroxylation is 1. The monoisotopic (exact) mass is 305 g/mol. The summed E-state index contributed by atoms with van der Waals surface area (Å²) in [5, 5.41) is 17.7. The maximum absolute atomic E-state index is 12.2. The molecule has 0 aliphatic carbocycles. The summed E-state index contributed by atoms with van der Waals surface area (Å²) >= 11 is 0. The van der Waals surface area contributed by atoms with Gasteiger partial charge in [0.05, 0.1) is 17.3 Å². The van der Waals surface area contributed by atoms with Crippen LogP contribution in [0.2, 0.25) is 0 Å². The molecule has 0 saturated carbocycles. The lowest BCUT2D eigenvalue weighted by Gasteiger charge is -2.06. The summed E-state index contributed by atoms with van der Waals surface area (Å²) in [6, 6.07) is 8.95. The molecule has 2 N–H and O–H groups in total. The van der Waals surface area contributed by atoms with Crippen molar-refractivity contribution in [2.45, 2.75) is 4.90 Å². The van der Waals surface area contributed by atoms with Crippen LogP contribution in [0.5, 0.6) is 0 Å². The molecule has 7 nitrogen and oxygen atoms in total. The van der Waals surface area contributed by atoms with Crippen molar-refractivity contribution in [1.29, 1.82) is 5.26 Å². The highest BCUT2D eigenvalue weighted by Crippen LogP contribution is 2.19. The average molecular weight is 305 g/mol. The third-order valence-electron chi connectivity index (χ3n) is 2.75. The van der Waals surface area contributed by atoms with Gasteiger partial charge in [-0.1, -0.05) is 6.07 Å². The number of carboxylic acid groups (broad SMARTS) is 1. The van der Waals surface area contributed by atoms with Crippen LogP contribution in [-0.2, 0) is 17.1 Å². The highest BCUT2D eigenvalue weighted by Gasteiger charge is 2.20. The smallest absolute Gasteiger partial charge is 0.352 e. The first kappa shape index (κ1) is 14.6. The van der Waals surface area contributed by atoms with E-state index >= 15 is 0 Å². The molecule has 1 aromatic heterocycles. The molecule has 1 heterocycles. The molecule has 21 heavy (non-hydrogen) atoms. The molecule has 0 fully saturated rings. The van der Waals surface area contributed by atoms with Crippen molar-refractivity contribution in [2.75, 3.05) is 4.72 Å². The molecule has 108 valence electrons.